The number of carbonyl (C=O) groups is 1. The van der Waals surface area contributed by atoms with Crippen molar-refractivity contribution in [2.24, 2.45) is 0 Å². The summed E-state index contributed by atoms with van der Waals surface area (Å²) in [5.74, 6) is -0.417. The summed E-state index contributed by atoms with van der Waals surface area (Å²) in [5.41, 5.74) is 0.291. The third-order valence-corrected chi connectivity index (χ3v) is 8.08. The van der Waals surface area contributed by atoms with Gasteiger partial charge in [0.1, 0.15) is 10.6 Å². The van der Waals surface area contributed by atoms with Crippen LogP contribution in [0.3, 0.4) is 0 Å². The van der Waals surface area contributed by atoms with Crippen LogP contribution < -0.4 is 9.46 Å². The van der Waals surface area contributed by atoms with Gasteiger partial charge in [0, 0.05) is 13.1 Å². The number of carbonyl (C=O) groups excluding carboxylic acids is 1. The number of rotatable bonds is 8. The average Bonchev–Trinajstić information content (AvgIpc) is 3.30. The quantitative estimate of drug-likeness (QED) is 0.591. The molecule has 0 spiro atoms. The van der Waals surface area contributed by atoms with E-state index in [4.69, 9.17) is 4.74 Å². The molecule has 1 aliphatic rings. The molecule has 1 saturated heterocycles. The lowest BCUT2D eigenvalue weighted by molar-refractivity contribution is 0.0600. The molecule has 1 heterocycles. The molecule has 0 atom stereocenters. The van der Waals surface area contributed by atoms with Crippen molar-refractivity contribution in [2.45, 2.75) is 29.6 Å². The summed E-state index contributed by atoms with van der Waals surface area (Å²) >= 11 is 0. The summed E-state index contributed by atoms with van der Waals surface area (Å²) in [7, 11) is -6.62. The first-order valence-corrected chi connectivity index (χ1v) is 12.6. The second-order valence-corrected chi connectivity index (χ2v) is 10.4. The molecule has 168 valence electrons. The molecule has 0 radical (unpaired) electrons. The number of nitrogens with one attached hydrogen (secondary N) is 1. The van der Waals surface area contributed by atoms with Crippen LogP contribution in [0.5, 0.6) is 5.75 Å². The Morgan fingerprint density at radius 1 is 1.03 bits per heavy atom. The molecule has 3 rings (SSSR count). The maximum absolute atomic E-state index is 13.1. The fourth-order valence-electron chi connectivity index (χ4n) is 3.22. The van der Waals surface area contributed by atoms with Gasteiger partial charge in [-0.1, -0.05) is 0 Å². The molecule has 1 N–H and O–H groups in total. The Kier molecular flexibility index (Phi) is 6.87. The first-order valence-electron chi connectivity index (χ1n) is 9.67. The molecule has 1 fully saturated rings. The fourth-order valence-corrected chi connectivity index (χ4v) is 5.94. The van der Waals surface area contributed by atoms with Gasteiger partial charge in [-0.15, -0.1) is 0 Å². The second-order valence-electron chi connectivity index (χ2n) is 6.83. The minimum Gasteiger partial charge on any atom is -0.492 e. The van der Waals surface area contributed by atoms with E-state index < -0.39 is 26.0 Å². The Morgan fingerprint density at radius 2 is 1.68 bits per heavy atom. The second kappa shape index (κ2) is 9.25. The van der Waals surface area contributed by atoms with E-state index in [1.807, 2.05) is 0 Å². The van der Waals surface area contributed by atoms with Crippen molar-refractivity contribution in [3.8, 4) is 5.75 Å². The van der Waals surface area contributed by atoms with Crippen LogP contribution in [0.2, 0.25) is 0 Å². The smallest absolute Gasteiger partial charge is 0.337 e. The number of nitrogens with zero attached hydrogens (tertiary/aromatic N) is 1. The molecular weight excluding hydrogens is 444 g/mol. The molecule has 9 nitrogen and oxygen atoms in total. The zero-order chi connectivity index (χ0) is 22.6. The molecule has 0 aliphatic carbocycles. The third kappa shape index (κ3) is 5.00. The standard InChI is InChI=1S/C20H24N2O7S2/c1-3-29-18-11-8-16(14-19(18)31(26,27)22-12-4-5-13-22)21-30(24,25)17-9-6-15(7-10-17)20(23)28-2/h6-11,14,21H,3-5,12-13H2,1-2H3. The molecule has 0 saturated carbocycles. The van der Waals surface area contributed by atoms with Crippen LogP contribution in [0, 0.1) is 0 Å². The number of ether oxygens (including phenoxy) is 2. The Bertz CT molecular complexity index is 1150. The van der Waals surface area contributed by atoms with Crippen molar-refractivity contribution >= 4 is 31.7 Å². The van der Waals surface area contributed by atoms with E-state index >= 15 is 0 Å². The highest BCUT2D eigenvalue weighted by Crippen LogP contribution is 2.32. The van der Waals surface area contributed by atoms with E-state index in [-0.39, 0.29) is 33.4 Å². The summed E-state index contributed by atoms with van der Waals surface area (Å²) in [6.45, 7) is 2.83. The summed E-state index contributed by atoms with van der Waals surface area (Å²) in [6, 6.07) is 9.35. The highest BCUT2D eigenvalue weighted by molar-refractivity contribution is 7.92. The van der Waals surface area contributed by atoms with Gasteiger partial charge in [0.25, 0.3) is 10.0 Å². The monoisotopic (exact) mass is 468 g/mol. The van der Waals surface area contributed by atoms with Gasteiger partial charge in [-0.25, -0.2) is 21.6 Å². The predicted molar refractivity (Wildman–Crippen MR) is 114 cm³/mol. The molecule has 0 unspecified atom stereocenters. The summed E-state index contributed by atoms with van der Waals surface area (Å²) < 4.78 is 65.5. The van der Waals surface area contributed by atoms with E-state index in [0.29, 0.717) is 13.1 Å². The van der Waals surface area contributed by atoms with Crippen LogP contribution >= 0.6 is 0 Å². The van der Waals surface area contributed by atoms with Crippen LogP contribution in [0.15, 0.2) is 52.3 Å². The number of esters is 1. The van der Waals surface area contributed by atoms with Crippen molar-refractivity contribution < 1.29 is 31.1 Å². The molecule has 0 amide bonds. The van der Waals surface area contributed by atoms with E-state index in [0.717, 1.165) is 12.8 Å². The molecular formula is C20H24N2O7S2. The lowest BCUT2D eigenvalue weighted by Gasteiger charge is -2.19. The number of hydrogen-bond acceptors (Lipinski definition) is 7. The van der Waals surface area contributed by atoms with Gasteiger partial charge in [0.2, 0.25) is 10.0 Å². The molecule has 2 aromatic rings. The van der Waals surface area contributed by atoms with Crippen molar-refractivity contribution in [2.75, 3.05) is 31.5 Å². The maximum atomic E-state index is 13.1. The maximum Gasteiger partial charge on any atom is 0.337 e. The summed E-state index contributed by atoms with van der Waals surface area (Å²) in [6.07, 6.45) is 1.55. The van der Waals surface area contributed by atoms with E-state index in [9.17, 15) is 21.6 Å². The Labute approximate surface area is 182 Å². The van der Waals surface area contributed by atoms with Crippen LogP contribution in [0.1, 0.15) is 30.1 Å². The van der Waals surface area contributed by atoms with Crippen LogP contribution in [0.25, 0.3) is 0 Å². The first kappa shape index (κ1) is 23.0. The summed E-state index contributed by atoms with van der Waals surface area (Å²) in [4.78, 5) is 11.4. The molecule has 0 bridgehead atoms. The van der Waals surface area contributed by atoms with Crippen molar-refractivity contribution in [3.63, 3.8) is 0 Å². The predicted octanol–water partition coefficient (Wildman–Crippen LogP) is 2.46. The molecule has 0 aromatic heterocycles. The lowest BCUT2D eigenvalue weighted by atomic mass is 10.2. The van der Waals surface area contributed by atoms with Gasteiger partial charge < -0.3 is 9.47 Å². The van der Waals surface area contributed by atoms with Crippen molar-refractivity contribution in [3.05, 3.63) is 48.0 Å². The van der Waals surface area contributed by atoms with E-state index in [1.165, 1.54) is 53.9 Å². The Hall–Kier alpha value is -2.63. The largest absolute Gasteiger partial charge is 0.492 e. The highest BCUT2D eigenvalue weighted by atomic mass is 32.2. The number of hydrogen-bond donors (Lipinski definition) is 1. The fraction of sp³-hybridized carbons (Fsp3) is 0.350. The minimum atomic E-state index is -4.02. The van der Waals surface area contributed by atoms with Gasteiger partial charge in [0.05, 0.1) is 29.9 Å². The molecule has 31 heavy (non-hydrogen) atoms. The number of anilines is 1. The normalized spacial score (nSPS) is 14.9. The number of sulfonamides is 2. The van der Waals surface area contributed by atoms with Crippen LogP contribution in [-0.4, -0.2) is 53.9 Å². The van der Waals surface area contributed by atoms with Crippen LogP contribution in [0.4, 0.5) is 5.69 Å². The zero-order valence-electron chi connectivity index (χ0n) is 17.2. The highest BCUT2D eigenvalue weighted by Gasteiger charge is 2.30. The SMILES string of the molecule is CCOc1ccc(NS(=O)(=O)c2ccc(C(=O)OC)cc2)cc1S(=O)(=O)N1CCCC1. The number of benzene rings is 2. The van der Waals surface area contributed by atoms with E-state index in [2.05, 4.69) is 9.46 Å². The van der Waals surface area contributed by atoms with Gasteiger partial charge >= 0.3 is 5.97 Å². The zero-order valence-corrected chi connectivity index (χ0v) is 18.8. The van der Waals surface area contributed by atoms with Crippen molar-refractivity contribution in [1.29, 1.82) is 0 Å². The van der Waals surface area contributed by atoms with Gasteiger partial charge in [-0.3, -0.25) is 4.72 Å². The molecule has 11 heteroatoms. The van der Waals surface area contributed by atoms with E-state index in [1.54, 1.807) is 6.92 Å². The lowest BCUT2D eigenvalue weighted by Crippen LogP contribution is -2.28. The Morgan fingerprint density at radius 3 is 2.26 bits per heavy atom. The first-order chi connectivity index (χ1) is 14.7. The third-order valence-electron chi connectivity index (χ3n) is 4.76. The molecule has 1 aliphatic heterocycles. The topological polar surface area (TPSA) is 119 Å². The van der Waals surface area contributed by atoms with Crippen LogP contribution in [-0.2, 0) is 24.8 Å². The van der Waals surface area contributed by atoms with Gasteiger partial charge in [-0.2, -0.15) is 4.31 Å². The van der Waals surface area contributed by atoms with Gasteiger partial charge in [-0.05, 0) is 62.2 Å². The molecule has 2 aromatic carbocycles. The van der Waals surface area contributed by atoms with Crippen molar-refractivity contribution in [1.82, 2.24) is 4.31 Å². The summed E-state index contributed by atoms with van der Waals surface area (Å²) in [5, 5.41) is 0. The average molecular weight is 469 g/mol. The minimum absolute atomic E-state index is 0.0817. The Balaban J connectivity index is 1.93. The van der Waals surface area contributed by atoms with Gasteiger partial charge in [0.15, 0.2) is 0 Å². The number of methoxy groups -OCH3 is 1.